The summed E-state index contributed by atoms with van der Waals surface area (Å²) < 4.78 is 3.25. The normalized spacial score (nSPS) is 30.1. The lowest BCUT2D eigenvalue weighted by Gasteiger charge is -2.59. The number of amides is 2. The first-order chi connectivity index (χ1) is 16.2. The predicted molar refractivity (Wildman–Crippen MR) is 127 cm³/mol. The Balaban J connectivity index is 1.40. The van der Waals surface area contributed by atoms with Crippen LogP contribution in [-0.4, -0.2) is 54.7 Å². The highest BCUT2D eigenvalue weighted by Crippen LogP contribution is 2.59. The number of aliphatic hydroxyl groups is 1. The van der Waals surface area contributed by atoms with E-state index in [1.807, 2.05) is 19.9 Å². The molecule has 2 atom stereocenters. The number of aromatic nitrogens is 4. The van der Waals surface area contributed by atoms with Crippen molar-refractivity contribution in [2.24, 2.45) is 23.2 Å². The van der Waals surface area contributed by atoms with E-state index in [2.05, 4.69) is 20.8 Å². The predicted octanol–water partition coefficient (Wildman–Crippen LogP) is 2.37. The van der Waals surface area contributed by atoms with E-state index in [0.717, 1.165) is 32.1 Å². The molecule has 2 heterocycles. The fourth-order valence-corrected chi connectivity index (χ4v) is 6.85. The molecule has 2 unspecified atom stereocenters. The van der Waals surface area contributed by atoms with Crippen molar-refractivity contribution in [3.8, 4) is 5.82 Å². The van der Waals surface area contributed by atoms with Crippen LogP contribution in [0.25, 0.3) is 12.0 Å². The Morgan fingerprint density at radius 3 is 2.59 bits per heavy atom. The first-order valence-corrected chi connectivity index (χ1v) is 12.2. The summed E-state index contributed by atoms with van der Waals surface area (Å²) in [7, 11) is 0. The molecule has 9 nitrogen and oxygen atoms in total. The Morgan fingerprint density at radius 1 is 1.24 bits per heavy atom. The minimum Gasteiger partial charge on any atom is -0.396 e. The largest absolute Gasteiger partial charge is 0.396 e. The van der Waals surface area contributed by atoms with Crippen molar-refractivity contribution in [2.45, 2.75) is 64.5 Å². The van der Waals surface area contributed by atoms with Gasteiger partial charge >= 0.3 is 0 Å². The number of hydrogen-bond acceptors (Lipinski definition) is 5. The standard InChI is InChI=1S/C25H34N6O3/c1-16(33)29-24(2,3)5-8-31-23(30-7-4-6-26-30)20(14-27-31)22(34)28-21-18-9-17-10-19(21)13-25(11-17,12-18)15-32/h4-8,14,17-19,21,32H,9-13,15H2,1-3H3,(H,28,34)(H,29,33)/b8-5+. The highest BCUT2D eigenvalue weighted by atomic mass is 16.3. The van der Waals surface area contributed by atoms with Gasteiger partial charge in [0.2, 0.25) is 5.91 Å². The molecule has 0 saturated heterocycles. The molecule has 6 rings (SSSR count). The van der Waals surface area contributed by atoms with Crippen LogP contribution in [0, 0.1) is 23.2 Å². The molecule has 0 aliphatic heterocycles. The van der Waals surface area contributed by atoms with Crippen LogP contribution in [0.1, 0.15) is 63.2 Å². The Kier molecular flexibility index (Phi) is 5.62. The molecule has 0 spiro atoms. The van der Waals surface area contributed by atoms with E-state index < -0.39 is 5.54 Å². The minimum atomic E-state index is -0.579. The van der Waals surface area contributed by atoms with Gasteiger partial charge < -0.3 is 15.7 Å². The first kappa shape index (κ1) is 22.8. The first-order valence-electron chi connectivity index (χ1n) is 12.2. The van der Waals surface area contributed by atoms with E-state index in [-0.39, 0.29) is 29.9 Å². The highest BCUT2D eigenvalue weighted by Gasteiger charge is 2.55. The van der Waals surface area contributed by atoms with E-state index in [9.17, 15) is 14.7 Å². The Morgan fingerprint density at radius 2 is 1.97 bits per heavy atom. The smallest absolute Gasteiger partial charge is 0.257 e. The van der Waals surface area contributed by atoms with Crippen LogP contribution < -0.4 is 10.6 Å². The molecule has 182 valence electrons. The van der Waals surface area contributed by atoms with Crippen LogP contribution in [0.4, 0.5) is 0 Å². The van der Waals surface area contributed by atoms with E-state index in [4.69, 9.17) is 0 Å². The van der Waals surface area contributed by atoms with Gasteiger partial charge in [0.05, 0.1) is 11.7 Å². The van der Waals surface area contributed by atoms with Gasteiger partial charge in [0.25, 0.3) is 5.91 Å². The maximum atomic E-state index is 13.5. The average Bonchev–Trinajstić information content (AvgIpc) is 3.43. The Bertz CT molecular complexity index is 1090. The molecule has 4 bridgehead atoms. The van der Waals surface area contributed by atoms with E-state index in [1.165, 1.54) is 6.92 Å². The van der Waals surface area contributed by atoms with Gasteiger partial charge in [0.1, 0.15) is 5.56 Å². The highest BCUT2D eigenvalue weighted by molar-refractivity contribution is 5.97. The van der Waals surface area contributed by atoms with Crippen molar-refractivity contribution in [2.75, 3.05) is 6.61 Å². The average molecular weight is 467 g/mol. The van der Waals surface area contributed by atoms with Gasteiger partial charge in [-0.05, 0) is 81.3 Å². The molecule has 4 saturated carbocycles. The van der Waals surface area contributed by atoms with Crippen molar-refractivity contribution in [3.63, 3.8) is 0 Å². The summed E-state index contributed by atoms with van der Waals surface area (Å²) in [5.74, 6) is 1.79. The van der Waals surface area contributed by atoms with Crippen LogP contribution in [0.3, 0.4) is 0 Å². The van der Waals surface area contributed by atoms with Gasteiger partial charge in [-0.3, -0.25) is 9.59 Å². The molecule has 0 aromatic carbocycles. The summed E-state index contributed by atoms with van der Waals surface area (Å²) in [5.41, 5.74) is -0.0599. The van der Waals surface area contributed by atoms with Crippen LogP contribution >= 0.6 is 0 Å². The number of hydrogen-bond donors (Lipinski definition) is 3. The lowest BCUT2D eigenvalue weighted by Crippen LogP contribution is -2.60. The second kappa shape index (κ2) is 8.37. The fraction of sp³-hybridized carbons (Fsp3) is 0.600. The second-order valence-electron chi connectivity index (χ2n) is 11.1. The molecular formula is C25H34N6O3. The number of nitrogens with zero attached hydrogens (tertiary/aromatic N) is 4. The molecule has 0 radical (unpaired) electrons. The molecule has 3 N–H and O–H groups in total. The lowest BCUT2D eigenvalue weighted by atomic mass is 9.48. The van der Waals surface area contributed by atoms with E-state index >= 15 is 0 Å². The summed E-state index contributed by atoms with van der Waals surface area (Å²) >= 11 is 0. The van der Waals surface area contributed by atoms with Crippen LogP contribution in [0.2, 0.25) is 0 Å². The maximum Gasteiger partial charge on any atom is 0.257 e. The Labute approximate surface area is 199 Å². The van der Waals surface area contributed by atoms with Gasteiger partial charge in [-0.15, -0.1) is 0 Å². The lowest BCUT2D eigenvalue weighted by molar-refractivity contribution is -0.120. The van der Waals surface area contributed by atoms with Gasteiger partial charge in [0.15, 0.2) is 5.82 Å². The summed E-state index contributed by atoms with van der Waals surface area (Å²) in [5, 5.41) is 25.0. The molecule has 2 aromatic heterocycles. The van der Waals surface area contributed by atoms with Crippen molar-refractivity contribution in [3.05, 3.63) is 36.3 Å². The maximum absolute atomic E-state index is 13.5. The summed E-state index contributed by atoms with van der Waals surface area (Å²) in [6.07, 6.45) is 14.0. The number of nitrogens with one attached hydrogen (secondary N) is 2. The third-order valence-electron chi connectivity index (χ3n) is 7.90. The molecule has 4 fully saturated rings. The van der Waals surface area contributed by atoms with Crippen molar-refractivity contribution >= 4 is 18.0 Å². The number of rotatable bonds is 7. The number of aliphatic hydroxyl groups excluding tert-OH is 1. The minimum absolute atomic E-state index is 0.0638. The molecule has 2 aromatic rings. The van der Waals surface area contributed by atoms with Crippen molar-refractivity contribution < 1.29 is 14.7 Å². The van der Waals surface area contributed by atoms with Crippen LogP contribution in [0.5, 0.6) is 0 Å². The van der Waals surface area contributed by atoms with Crippen LogP contribution in [0.15, 0.2) is 30.7 Å². The van der Waals surface area contributed by atoms with E-state index in [0.29, 0.717) is 29.1 Å². The van der Waals surface area contributed by atoms with Crippen molar-refractivity contribution in [1.82, 2.24) is 30.2 Å². The fourth-order valence-electron chi connectivity index (χ4n) is 6.85. The summed E-state index contributed by atoms with van der Waals surface area (Å²) in [4.78, 5) is 25.0. The SMILES string of the molecule is CC(=O)NC(C)(C)/C=C/n1ncc(C(=O)NC2C3CC4CC2CC(CO)(C4)C3)c1-n1cccn1. The molecule has 2 amide bonds. The zero-order valence-electron chi connectivity index (χ0n) is 20.1. The van der Waals surface area contributed by atoms with Crippen LogP contribution in [-0.2, 0) is 4.79 Å². The van der Waals surface area contributed by atoms with Crippen molar-refractivity contribution in [1.29, 1.82) is 0 Å². The molecular weight excluding hydrogens is 432 g/mol. The molecule has 4 aliphatic rings. The summed E-state index contributed by atoms with van der Waals surface area (Å²) in [6.45, 7) is 5.52. The van der Waals surface area contributed by atoms with Gasteiger partial charge in [-0.2, -0.15) is 10.2 Å². The van der Waals surface area contributed by atoms with Gasteiger partial charge in [-0.1, -0.05) is 0 Å². The topological polar surface area (TPSA) is 114 Å². The van der Waals surface area contributed by atoms with E-state index in [1.54, 1.807) is 40.2 Å². The number of carbonyl (C=O) groups is 2. The second-order valence-corrected chi connectivity index (χ2v) is 11.1. The van der Waals surface area contributed by atoms with Gasteiger partial charge in [0, 0.05) is 38.2 Å². The quantitative estimate of drug-likeness (QED) is 0.580. The molecule has 9 heteroatoms. The zero-order valence-corrected chi connectivity index (χ0v) is 20.1. The third kappa shape index (κ3) is 4.17. The Hall–Kier alpha value is -2.94. The zero-order chi connectivity index (χ0) is 24.1. The molecule has 4 aliphatic carbocycles. The summed E-state index contributed by atoms with van der Waals surface area (Å²) in [6, 6.07) is 1.93. The molecule has 34 heavy (non-hydrogen) atoms. The monoisotopic (exact) mass is 466 g/mol. The number of carbonyl (C=O) groups excluding carboxylic acids is 2. The third-order valence-corrected chi connectivity index (χ3v) is 7.90. The van der Waals surface area contributed by atoms with Gasteiger partial charge in [-0.25, -0.2) is 9.36 Å².